The summed E-state index contributed by atoms with van der Waals surface area (Å²) in [5.41, 5.74) is 0. The van der Waals surface area contributed by atoms with Gasteiger partial charge in [0, 0.05) is 13.2 Å². The van der Waals surface area contributed by atoms with Gasteiger partial charge in [-0.25, -0.2) is 0 Å². The van der Waals surface area contributed by atoms with Crippen molar-refractivity contribution in [3.63, 3.8) is 0 Å². The summed E-state index contributed by atoms with van der Waals surface area (Å²) in [6.07, 6.45) is 1.72. The van der Waals surface area contributed by atoms with Crippen molar-refractivity contribution in [2.24, 2.45) is 0 Å². The van der Waals surface area contributed by atoms with E-state index in [1.54, 1.807) is 0 Å². The molecule has 0 aliphatic carbocycles. The normalized spacial score (nSPS) is 21.3. The maximum Gasteiger partial charge on any atom is 0.0781 e. The van der Waals surface area contributed by atoms with Crippen molar-refractivity contribution in [3.05, 3.63) is 0 Å². The zero-order chi connectivity index (χ0) is 7.82. The van der Waals surface area contributed by atoms with Gasteiger partial charge in [0.2, 0.25) is 0 Å². The molecule has 1 aliphatic heterocycles. The minimum Gasteiger partial charge on any atom is -0.382 e. The molecule has 1 saturated heterocycles. The number of epoxide rings is 1. The fourth-order valence-electron chi connectivity index (χ4n) is 0.385. The first-order chi connectivity index (χ1) is 4.81. The van der Waals surface area contributed by atoms with Gasteiger partial charge in [0.05, 0.1) is 12.7 Å². The van der Waals surface area contributed by atoms with Crippen LogP contribution in [0.5, 0.6) is 0 Å². The quantitative estimate of drug-likeness (QED) is 0.447. The summed E-state index contributed by atoms with van der Waals surface area (Å²) in [4.78, 5) is 0. The summed E-state index contributed by atoms with van der Waals surface area (Å²) in [5, 5.41) is 0. The van der Waals surface area contributed by atoms with Crippen molar-refractivity contribution in [1.82, 2.24) is 0 Å². The van der Waals surface area contributed by atoms with Gasteiger partial charge in [-0.1, -0.05) is 6.92 Å². The molecular weight excluding hydrogens is 128 g/mol. The largest absolute Gasteiger partial charge is 0.382 e. The fourth-order valence-corrected chi connectivity index (χ4v) is 0.385. The van der Waals surface area contributed by atoms with Gasteiger partial charge in [0.25, 0.3) is 0 Å². The van der Waals surface area contributed by atoms with Crippen LogP contribution in [0.2, 0.25) is 0 Å². The Hall–Kier alpha value is -0.0800. The highest BCUT2D eigenvalue weighted by Crippen LogP contribution is 2.04. The molecule has 1 fully saturated rings. The van der Waals surface area contributed by atoms with Crippen LogP contribution in [0.1, 0.15) is 27.2 Å². The molecule has 0 aromatic rings. The van der Waals surface area contributed by atoms with Crippen molar-refractivity contribution in [3.8, 4) is 0 Å². The highest BCUT2D eigenvalue weighted by molar-refractivity contribution is 4.58. The van der Waals surface area contributed by atoms with E-state index in [1.165, 1.54) is 0 Å². The predicted octanol–water partition coefficient (Wildman–Crippen LogP) is 1.84. The molecule has 1 atom stereocenters. The first-order valence-corrected chi connectivity index (χ1v) is 4.00. The van der Waals surface area contributed by atoms with Gasteiger partial charge >= 0.3 is 0 Å². The number of hydrogen-bond donors (Lipinski definition) is 0. The third kappa shape index (κ3) is 10.8. The van der Waals surface area contributed by atoms with Crippen LogP contribution in [0, 0.1) is 0 Å². The van der Waals surface area contributed by atoms with E-state index in [4.69, 9.17) is 9.47 Å². The zero-order valence-electron chi connectivity index (χ0n) is 7.22. The van der Waals surface area contributed by atoms with Crippen molar-refractivity contribution >= 4 is 0 Å². The molecule has 0 radical (unpaired) electrons. The van der Waals surface area contributed by atoms with Crippen LogP contribution >= 0.6 is 0 Å². The number of rotatable bonds is 3. The van der Waals surface area contributed by atoms with Gasteiger partial charge in [0.1, 0.15) is 0 Å². The third-order valence-electron chi connectivity index (χ3n) is 1.05. The van der Waals surface area contributed by atoms with E-state index >= 15 is 0 Å². The van der Waals surface area contributed by atoms with E-state index in [9.17, 15) is 0 Å². The molecule has 10 heavy (non-hydrogen) atoms. The zero-order valence-corrected chi connectivity index (χ0v) is 7.22. The van der Waals surface area contributed by atoms with Crippen LogP contribution < -0.4 is 0 Å². The molecule has 0 aromatic carbocycles. The Morgan fingerprint density at radius 2 is 2.00 bits per heavy atom. The SMILES string of the molecule is CC1CO1.CCCOCC. The Bertz CT molecular complexity index is 56.3. The molecule has 0 spiro atoms. The summed E-state index contributed by atoms with van der Waals surface area (Å²) in [6, 6.07) is 0. The average Bonchev–Trinajstić information content (AvgIpc) is 2.69. The van der Waals surface area contributed by atoms with Crippen LogP contribution in [-0.4, -0.2) is 25.9 Å². The van der Waals surface area contributed by atoms with Gasteiger partial charge in [-0.15, -0.1) is 0 Å². The van der Waals surface area contributed by atoms with Crippen LogP contribution in [0.3, 0.4) is 0 Å². The lowest BCUT2D eigenvalue weighted by Crippen LogP contribution is -1.88. The van der Waals surface area contributed by atoms with Gasteiger partial charge < -0.3 is 9.47 Å². The summed E-state index contributed by atoms with van der Waals surface area (Å²) in [7, 11) is 0. The molecule has 0 saturated carbocycles. The minimum atomic E-state index is 0.583. The highest BCUT2D eigenvalue weighted by atomic mass is 16.6. The molecule has 1 rings (SSSR count). The molecule has 0 N–H and O–H groups in total. The average molecular weight is 146 g/mol. The smallest absolute Gasteiger partial charge is 0.0781 e. The van der Waals surface area contributed by atoms with Gasteiger partial charge in [-0.3, -0.25) is 0 Å². The van der Waals surface area contributed by atoms with Crippen molar-refractivity contribution in [1.29, 1.82) is 0 Å². The molecule has 62 valence electrons. The first-order valence-electron chi connectivity index (χ1n) is 4.00. The predicted molar refractivity (Wildman–Crippen MR) is 42.2 cm³/mol. The molecule has 2 nitrogen and oxygen atoms in total. The van der Waals surface area contributed by atoms with Crippen LogP contribution in [0.25, 0.3) is 0 Å². The van der Waals surface area contributed by atoms with E-state index < -0.39 is 0 Å². The summed E-state index contributed by atoms with van der Waals surface area (Å²) in [5.74, 6) is 0. The maximum absolute atomic E-state index is 4.98. The van der Waals surface area contributed by atoms with E-state index in [0.29, 0.717) is 6.10 Å². The molecule has 0 aromatic heterocycles. The van der Waals surface area contributed by atoms with E-state index in [1.807, 2.05) is 6.92 Å². The molecule has 2 heteroatoms. The summed E-state index contributed by atoms with van der Waals surface area (Å²) in [6.45, 7) is 8.93. The molecular formula is C8H18O2. The lowest BCUT2D eigenvalue weighted by atomic mass is 10.5. The van der Waals surface area contributed by atoms with Crippen LogP contribution in [-0.2, 0) is 9.47 Å². The van der Waals surface area contributed by atoms with Crippen molar-refractivity contribution in [2.75, 3.05) is 19.8 Å². The topological polar surface area (TPSA) is 21.8 Å². The molecule has 1 unspecified atom stereocenters. The number of ether oxygens (including phenoxy) is 2. The Morgan fingerprint density at radius 3 is 2.10 bits per heavy atom. The Morgan fingerprint density at radius 1 is 1.50 bits per heavy atom. The second-order valence-corrected chi connectivity index (χ2v) is 2.34. The highest BCUT2D eigenvalue weighted by Gasteiger charge is 2.13. The second kappa shape index (κ2) is 7.03. The summed E-state index contributed by atoms with van der Waals surface area (Å²) >= 11 is 0. The lowest BCUT2D eigenvalue weighted by Gasteiger charge is -1.91. The Labute approximate surface area is 63.5 Å². The van der Waals surface area contributed by atoms with E-state index in [2.05, 4.69) is 13.8 Å². The monoisotopic (exact) mass is 146 g/mol. The van der Waals surface area contributed by atoms with Gasteiger partial charge in [-0.05, 0) is 20.3 Å². The van der Waals surface area contributed by atoms with Crippen LogP contribution in [0.15, 0.2) is 0 Å². The minimum absolute atomic E-state index is 0.583. The first kappa shape index (κ1) is 9.92. The third-order valence-corrected chi connectivity index (χ3v) is 1.05. The van der Waals surface area contributed by atoms with E-state index in [-0.39, 0.29) is 0 Å². The Kier molecular flexibility index (Phi) is 6.98. The lowest BCUT2D eigenvalue weighted by molar-refractivity contribution is 0.148. The fraction of sp³-hybridized carbons (Fsp3) is 1.00. The van der Waals surface area contributed by atoms with Gasteiger partial charge in [-0.2, -0.15) is 0 Å². The standard InChI is InChI=1S/C5H12O.C3H6O/c1-3-5-6-4-2;1-3-2-4-3/h3-5H2,1-2H3;3H,2H2,1H3. The Balaban J connectivity index is 0.000000172. The molecule has 1 heterocycles. The maximum atomic E-state index is 4.98. The van der Waals surface area contributed by atoms with Gasteiger partial charge in [0.15, 0.2) is 0 Å². The van der Waals surface area contributed by atoms with Crippen LogP contribution in [0.4, 0.5) is 0 Å². The van der Waals surface area contributed by atoms with Crippen molar-refractivity contribution < 1.29 is 9.47 Å². The number of hydrogen-bond acceptors (Lipinski definition) is 2. The summed E-state index contributed by atoms with van der Waals surface area (Å²) < 4.78 is 9.69. The van der Waals surface area contributed by atoms with Crippen molar-refractivity contribution in [2.45, 2.75) is 33.3 Å². The second-order valence-electron chi connectivity index (χ2n) is 2.34. The molecule has 0 bridgehead atoms. The molecule has 1 aliphatic rings. The molecule has 0 amide bonds. The van der Waals surface area contributed by atoms with E-state index in [0.717, 1.165) is 26.2 Å².